The molecule has 2 heterocycles. The van der Waals surface area contributed by atoms with E-state index in [0.717, 1.165) is 12.4 Å². The molecule has 52 valence electrons. The van der Waals surface area contributed by atoms with Crippen LogP contribution in [0.1, 0.15) is 0 Å². The molecule has 0 aliphatic carbocycles. The monoisotopic (exact) mass is 154 g/mol. The first kappa shape index (κ1) is 5.86. The summed E-state index contributed by atoms with van der Waals surface area (Å²) in [6.45, 7) is 0.748. The lowest BCUT2D eigenvalue weighted by atomic mass is 10.3. The quantitative estimate of drug-likeness (QED) is 0.490. The Balaban J connectivity index is 2.29. The van der Waals surface area contributed by atoms with E-state index in [1.807, 2.05) is 30.6 Å². The van der Waals surface area contributed by atoms with Crippen LogP contribution >= 0.6 is 11.8 Å². The molecule has 3 heteroatoms. The highest BCUT2D eigenvalue weighted by molar-refractivity contribution is 6.14. The van der Waals surface area contributed by atoms with Gasteiger partial charge in [0.25, 0.3) is 0 Å². The van der Waals surface area contributed by atoms with Crippen LogP contribution in [0.4, 0.5) is 0 Å². The van der Waals surface area contributed by atoms with Crippen LogP contribution < -0.4 is 0 Å². The minimum Gasteiger partial charge on any atom is -0.327 e. The predicted molar refractivity (Wildman–Crippen MR) is 40.8 cm³/mol. The molecule has 0 unspecified atom stereocenters. The first-order valence-electron chi connectivity index (χ1n) is 3.12. The maximum Gasteiger partial charge on any atom is 0.110 e. The van der Waals surface area contributed by atoms with E-state index in [4.69, 9.17) is 11.8 Å². The Morgan fingerprint density at radius 2 is 2.30 bits per heavy atom. The molecule has 0 bridgehead atoms. The Morgan fingerprint density at radius 3 is 3.10 bits per heavy atom. The third-order valence-corrected chi connectivity index (χ3v) is 1.74. The number of hydrogen-bond donors (Lipinski definition) is 0. The number of fused-ring (bicyclic) bond motifs is 1. The van der Waals surface area contributed by atoms with Gasteiger partial charge < -0.3 is 4.90 Å². The van der Waals surface area contributed by atoms with Crippen molar-refractivity contribution in [2.45, 2.75) is 0 Å². The Kier molecular flexibility index (Phi) is 1.21. The van der Waals surface area contributed by atoms with Crippen molar-refractivity contribution in [2.75, 3.05) is 6.67 Å². The van der Waals surface area contributed by atoms with E-state index in [1.165, 1.54) is 0 Å². The molecule has 0 amide bonds. The second kappa shape index (κ2) is 2.06. The van der Waals surface area contributed by atoms with E-state index in [1.54, 1.807) is 4.42 Å². The molecule has 2 aliphatic rings. The van der Waals surface area contributed by atoms with E-state index in [2.05, 4.69) is 4.90 Å². The van der Waals surface area contributed by atoms with Crippen molar-refractivity contribution >= 4 is 11.8 Å². The molecule has 0 saturated heterocycles. The molecular weight excluding hydrogens is 148 g/mol. The minimum atomic E-state index is 0.748. The number of hydrogen-bond acceptors (Lipinski definition) is 2. The lowest BCUT2D eigenvalue weighted by Gasteiger charge is -2.16. The molecule has 0 fully saturated rings. The summed E-state index contributed by atoms with van der Waals surface area (Å²) in [6.07, 6.45) is 9.93. The van der Waals surface area contributed by atoms with E-state index in [-0.39, 0.29) is 0 Å². The van der Waals surface area contributed by atoms with Gasteiger partial charge in [-0.3, -0.25) is 4.42 Å². The number of nitrogens with zero attached hydrogens (tertiary/aromatic N) is 2. The standard InChI is InChI=1S/C7H7ClN2/c8-10-5-7-3-1-2-4-9(7)6-10/h1-5H,6H2. The van der Waals surface area contributed by atoms with Gasteiger partial charge in [0.1, 0.15) is 6.67 Å². The maximum atomic E-state index is 5.73. The molecule has 0 radical (unpaired) electrons. The molecule has 0 aromatic carbocycles. The van der Waals surface area contributed by atoms with Crippen molar-refractivity contribution < 1.29 is 0 Å². The van der Waals surface area contributed by atoms with E-state index in [9.17, 15) is 0 Å². The van der Waals surface area contributed by atoms with Crippen LogP contribution in [0.25, 0.3) is 0 Å². The molecule has 0 aromatic rings. The van der Waals surface area contributed by atoms with Crippen LogP contribution in [0.3, 0.4) is 0 Å². The smallest absolute Gasteiger partial charge is 0.110 e. The molecule has 2 rings (SSSR count). The van der Waals surface area contributed by atoms with Crippen molar-refractivity contribution in [3.8, 4) is 0 Å². The molecule has 0 spiro atoms. The highest BCUT2D eigenvalue weighted by Crippen LogP contribution is 2.21. The van der Waals surface area contributed by atoms with Gasteiger partial charge >= 0.3 is 0 Å². The molecule has 2 aliphatic heterocycles. The fourth-order valence-electron chi connectivity index (χ4n) is 1.07. The third kappa shape index (κ3) is 0.809. The number of rotatable bonds is 0. The predicted octanol–water partition coefficient (Wildman–Crippen LogP) is 1.64. The molecule has 10 heavy (non-hydrogen) atoms. The van der Waals surface area contributed by atoms with Gasteiger partial charge in [0.15, 0.2) is 0 Å². The number of halogens is 1. The molecule has 0 aromatic heterocycles. The summed E-state index contributed by atoms with van der Waals surface area (Å²) in [5.41, 5.74) is 1.15. The largest absolute Gasteiger partial charge is 0.327 e. The Hall–Kier alpha value is -0.890. The molecule has 0 saturated carbocycles. The molecular formula is C7H7ClN2. The zero-order valence-electron chi connectivity index (χ0n) is 5.37. The highest BCUT2D eigenvalue weighted by Gasteiger charge is 2.15. The van der Waals surface area contributed by atoms with Gasteiger partial charge in [-0.15, -0.1) is 0 Å². The van der Waals surface area contributed by atoms with Gasteiger partial charge in [-0.05, 0) is 12.2 Å². The van der Waals surface area contributed by atoms with Gasteiger partial charge in [-0.25, -0.2) is 0 Å². The summed E-state index contributed by atoms with van der Waals surface area (Å²) in [4.78, 5) is 2.08. The van der Waals surface area contributed by atoms with Crippen LogP contribution in [-0.4, -0.2) is 16.0 Å². The Bertz CT molecular complexity index is 230. The van der Waals surface area contributed by atoms with Gasteiger partial charge in [0.2, 0.25) is 0 Å². The lowest BCUT2D eigenvalue weighted by Crippen LogP contribution is -2.17. The van der Waals surface area contributed by atoms with Crippen LogP contribution in [-0.2, 0) is 0 Å². The fourth-order valence-corrected chi connectivity index (χ4v) is 1.28. The van der Waals surface area contributed by atoms with Crippen molar-refractivity contribution in [3.05, 3.63) is 36.3 Å². The summed E-state index contributed by atoms with van der Waals surface area (Å²) in [7, 11) is 0. The van der Waals surface area contributed by atoms with Crippen molar-refractivity contribution in [1.29, 1.82) is 0 Å². The first-order valence-corrected chi connectivity index (χ1v) is 3.46. The second-order valence-corrected chi connectivity index (χ2v) is 2.70. The van der Waals surface area contributed by atoms with Gasteiger partial charge in [-0.1, -0.05) is 6.08 Å². The molecule has 0 N–H and O–H groups in total. The lowest BCUT2D eigenvalue weighted by molar-refractivity contribution is 0.423. The molecule has 2 nitrogen and oxygen atoms in total. The van der Waals surface area contributed by atoms with Crippen molar-refractivity contribution in [2.24, 2.45) is 0 Å². The number of allylic oxidation sites excluding steroid dienone is 3. The summed E-state index contributed by atoms with van der Waals surface area (Å²) in [5.74, 6) is 0. The molecule has 0 atom stereocenters. The van der Waals surface area contributed by atoms with Crippen LogP contribution in [0.5, 0.6) is 0 Å². The second-order valence-electron chi connectivity index (χ2n) is 2.27. The SMILES string of the molecule is ClN1C=C2C=CC=CN2C1. The van der Waals surface area contributed by atoms with Gasteiger partial charge in [0.05, 0.1) is 5.70 Å². The first-order chi connectivity index (χ1) is 4.86. The third-order valence-electron chi connectivity index (χ3n) is 1.54. The van der Waals surface area contributed by atoms with Gasteiger partial charge in [0, 0.05) is 24.2 Å². The van der Waals surface area contributed by atoms with Crippen LogP contribution in [0.15, 0.2) is 36.3 Å². The summed E-state index contributed by atoms with van der Waals surface area (Å²) in [6, 6.07) is 0. The average molecular weight is 155 g/mol. The fraction of sp³-hybridized carbons (Fsp3) is 0.143. The zero-order valence-corrected chi connectivity index (χ0v) is 6.12. The van der Waals surface area contributed by atoms with Crippen molar-refractivity contribution in [1.82, 2.24) is 9.32 Å². The van der Waals surface area contributed by atoms with E-state index in [0.29, 0.717) is 0 Å². The Morgan fingerprint density at radius 1 is 1.40 bits per heavy atom. The van der Waals surface area contributed by atoms with Crippen LogP contribution in [0, 0.1) is 0 Å². The van der Waals surface area contributed by atoms with Gasteiger partial charge in [-0.2, -0.15) is 0 Å². The highest BCUT2D eigenvalue weighted by atomic mass is 35.5. The van der Waals surface area contributed by atoms with E-state index >= 15 is 0 Å². The summed E-state index contributed by atoms with van der Waals surface area (Å²) >= 11 is 5.73. The topological polar surface area (TPSA) is 6.48 Å². The minimum absolute atomic E-state index is 0.748. The maximum absolute atomic E-state index is 5.73. The van der Waals surface area contributed by atoms with E-state index < -0.39 is 0 Å². The van der Waals surface area contributed by atoms with Crippen molar-refractivity contribution in [3.63, 3.8) is 0 Å². The van der Waals surface area contributed by atoms with Crippen LogP contribution in [0.2, 0.25) is 0 Å². The summed E-state index contributed by atoms with van der Waals surface area (Å²) in [5, 5.41) is 0. The summed E-state index contributed by atoms with van der Waals surface area (Å²) < 4.78 is 1.63. The zero-order chi connectivity index (χ0) is 6.97. The Labute approximate surface area is 64.8 Å². The average Bonchev–Trinajstić information content (AvgIpc) is 2.27. The normalized spacial score (nSPS) is 21.5.